The Hall–Kier alpha value is -3.61. The van der Waals surface area contributed by atoms with E-state index in [4.69, 9.17) is 14.0 Å². The summed E-state index contributed by atoms with van der Waals surface area (Å²) in [6, 6.07) is 25.6. The van der Waals surface area contributed by atoms with Crippen molar-refractivity contribution >= 4 is 19.6 Å². The average molecular weight is 511 g/mol. The highest BCUT2D eigenvalue weighted by Crippen LogP contribution is 2.55. The summed E-state index contributed by atoms with van der Waals surface area (Å²) in [6.45, 7) is 3.61. The molecule has 0 fully saturated rings. The van der Waals surface area contributed by atoms with Crippen LogP contribution in [0.4, 0.5) is 4.79 Å². The summed E-state index contributed by atoms with van der Waals surface area (Å²) in [5.74, 6) is -1.75. The van der Waals surface area contributed by atoms with E-state index in [2.05, 4.69) is 10.4 Å². The second-order valence-corrected chi connectivity index (χ2v) is 10.5. The molecule has 190 valence electrons. The maximum absolute atomic E-state index is 14.6. The van der Waals surface area contributed by atoms with Gasteiger partial charge in [0.15, 0.2) is 5.78 Å². The van der Waals surface area contributed by atoms with Crippen molar-refractivity contribution in [2.45, 2.75) is 32.3 Å². The molecule has 0 heterocycles. The van der Waals surface area contributed by atoms with Gasteiger partial charge in [-0.25, -0.2) is 9.88 Å². The number of alkyl carbamates (subject to hydrolysis) is 1. The van der Waals surface area contributed by atoms with Crippen LogP contribution in [-0.4, -0.2) is 25.2 Å². The molecule has 0 bridgehead atoms. The highest BCUT2D eigenvalue weighted by molar-refractivity contribution is 7.57. The molecule has 0 aromatic heterocycles. The quantitative estimate of drug-likeness (QED) is 0.253. The standard InChI is InChI=1S/C27H31N2O6P/c1-20(2)24(26(30)33-3)29-36(32,35-23-17-11-6-12-18-23)25(22-15-9-5-10-16-22)28-27(31)34-19-21-13-7-4-8-14-21/h4-18,20,24-25H,19H2,1-3H3,(H,28,31)(H,29,32)/t24-,25?,36?/m0/s1. The van der Waals surface area contributed by atoms with Gasteiger partial charge in [0.25, 0.3) is 0 Å². The molecule has 3 rings (SSSR count). The van der Waals surface area contributed by atoms with Crippen molar-refractivity contribution in [3.63, 3.8) is 0 Å². The molecule has 2 unspecified atom stereocenters. The zero-order valence-corrected chi connectivity index (χ0v) is 21.4. The minimum atomic E-state index is -4.06. The minimum absolute atomic E-state index is 0.0300. The zero-order chi connectivity index (χ0) is 26.0. The largest absolute Gasteiger partial charge is 0.468 e. The fourth-order valence-electron chi connectivity index (χ4n) is 3.46. The van der Waals surface area contributed by atoms with Crippen LogP contribution in [0.2, 0.25) is 0 Å². The topological polar surface area (TPSA) is 103 Å². The summed E-state index contributed by atoms with van der Waals surface area (Å²) >= 11 is 0. The van der Waals surface area contributed by atoms with E-state index in [-0.39, 0.29) is 12.5 Å². The second kappa shape index (κ2) is 12.9. The molecule has 0 aliphatic heterocycles. The zero-order valence-electron chi connectivity index (χ0n) is 20.5. The first-order valence-corrected chi connectivity index (χ1v) is 13.2. The van der Waals surface area contributed by atoms with Gasteiger partial charge in [0, 0.05) is 0 Å². The normalized spacial score (nSPS) is 14.2. The van der Waals surface area contributed by atoms with E-state index in [1.165, 1.54) is 7.11 Å². The lowest BCUT2D eigenvalue weighted by Crippen LogP contribution is -2.44. The molecule has 3 aromatic carbocycles. The van der Waals surface area contributed by atoms with Crippen LogP contribution in [0.25, 0.3) is 0 Å². The van der Waals surface area contributed by atoms with E-state index in [0.717, 1.165) is 5.56 Å². The predicted octanol–water partition coefficient (Wildman–Crippen LogP) is 5.67. The number of hydrogen-bond acceptors (Lipinski definition) is 6. The van der Waals surface area contributed by atoms with Crippen molar-refractivity contribution in [1.29, 1.82) is 0 Å². The number of nitrogens with one attached hydrogen (secondary N) is 2. The molecule has 0 saturated carbocycles. The Kier molecular flexibility index (Phi) is 9.68. The molecule has 9 heteroatoms. The maximum atomic E-state index is 14.6. The summed E-state index contributed by atoms with van der Waals surface area (Å²) in [7, 11) is -2.80. The average Bonchev–Trinajstić information content (AvgIpc) is 2.90. The first-order chi connectivity index (χ1) is 17.3. The molecule has 1 amide bonds. The SMILES string of the molecule is COC(=O)[C@@H](NP(=O)(Oc1ccccc1)C(NC(=O)OCc1ccccc1)c1ccccc1)C(C)C. The summed E-state index contributed by atoms with van der Waals surface area (Å²) in [5.41, 5.74) is 1.31. The van der Waals surface area contributed by atoms with Gasteiger partial charge in [-0.15, -0.1) is 0 Å². The van der Waals surface area contributed by atoms with E-state index in [1.54, 1.807) is 74.5 Å². The molecule has 0 aliphatic rings. The lowest BCUT2D eigenvalue weighted by atomic mass is 10.1. The first kappa shape index (κ1) is 27.0. The first-order valence-electron chi connectivity index (χ1n) is 11.5. The summed E-state index contributed by atoms with van der Waals surface area (Å²) in [6.07, 6.45) is -0.787. The number of carbonyl (C=O) groups is 2. The van der Waals surface area contributed by atoms with Gasteiger partial charge in [0.05, 0.1) is 7.11 Å². The summed E-state index contributed by atoms with van der Waals surface area (Å²) in [4.78, 5) is 25.4. The van der Waals surface area contributed by atoms with Gasteiger partial charge in [-0.05, 0) is 29.2 Å². The lowest BCUT2D eigenvalue weighted by Gasteiger charge is -2.32. The van der Waals surface area contributed by atoms with Crippen molar-refractivity contribution < 1.29 is 28.2 Å². The van der Waals surface area contributed by atoms with E-state index < -0.39 is 31.4 Å². The van der Waals surface area contributed by atoms with E-state index in [1.807, 2.05) is 30.3 Å². The number of methoxy groups -OCH3 is 1. The van der Waals surface area contributed by atoms with Crippen LogP contribution >= 0.6 is 7.52 Å². The molecular formula is C27H31N2O6P. The van der Waals surface area contributed by atoms with Gasteiger partial charge in [0.2, 0.25) is 0 Å². The van der Waals surface area contributed by atoms with Gasteiger partial charge in [0.1, 0.15) is 18.4 Å². The Balaban J connectivity index is 1.97. The minimum Gasteiger partial charge on any atom is -0.468 e. The number of rotatable bonds is 11. The van der Waals surface area contributed by atoms with Crippen molar-refractivity contribution in [1.82, 2.24) is 10.4 Å². The fourth-order valence-corrected chi connectivity index (χ4v) is 5.84. The van der Waals surface area contributed by atoms with Crippen LogP contribution in [0, 0.1) is 5.92 Å². The van der Waals surface area contributed by atoms with Crippen molar-refractivity contribution in [2.75, 3.05) is 7.11 Å². The third kappa shape index (κ3) is 7.44. The Morgan fingerprint density at radius 3 is 1.97 bits per heavy atom. The molecule has 36 heavy (non-hydrogen) atoms. The Labute approximate surface area is 211 Å². The smallest absolute Gasteiger partial charge is 0.408 e. The van der Waals surface area contributed by atoms with Crippen molar-refractivity contribution in [3.05, 3.63) is 102 Å². The number of hydrogen-bond donors (Lipinski definition) is 2. The van der Waals surface area contributed by atoms with Gasteiger partial charge in [-0.1, -0.05) is 92.7 Å². The predicted molar refractivity (Wildman–Crippen MR) is 137 cm³/mol. The lowest BCUT2D eigenvalue weighted by molar-refractivity contribution is -0.143. The van der Waals surface area contributed by atoms with Crippen LogP contribution in [0.5, 0.6) is 5.75 Å². The van der Waals surface area contributed by atoms with E-state index in [0.29, 0.717) is 11.3 Å². The third-order valence-electron chi connectivity index (χ3n) is 5.35. The van der Waals surface area contributed by atoms with Gasteiger partial charge in [-0.2, -0.15) is 0 Å². The van der Waals surface area contributed by atoms with Crippen LogP contribution in [-0.2, 0) is 25.4 Å². The van der Waals surface area contributed by atoms with Crippen LogP contribution in [0.15, 0.2) is 91.0 Å². The van der Waals surface area contributed by atoms with Gasteiger partial charge < -0.3 is 19.3 Å². The molecule has 0 spiro atoms. The molecular weight excluding hydrogens is 479 g/mol. The Bertz CT molecular complexity index is 1160. The van der Waals surface area contributed by atoms with Crippen LogP contribution in [0.1, 0.15) is 30.8 Å². The van der Waals surface area contributed by atoms with Gasteiger partial charge >= 0.3 is 19.6 Å². The number of para-hydroxylation sites is 1. The fraction of sp³-hybridized carbons (Fsp3) is 0.259. The molecule has 0 saturated heterocycles. The molecule has 3 atom stereocenters. The van der Waals surface area contributed by atoms with Crippen LogP contribution in [0.3, 0.4) is 0 Å². The summed E-state index contributed by atoms with van der Waals surface area (Å²) < 4.78 is 31.0. The van der Waals surface area contributed by atoms with Gasteiger partial charge in [-0.3, -0.25) is 9.36 Å². The third-order valence-corrected chi connectivity index (χ3v) is 7.57. The molecule has 3 aromatic rings. The Morgan fingerprint density at radius 2 is 1.42 bits per heavy atom. The summed E-state index contributed by atoms with van der Waals surface area (Å²) in [5, 5.41) is 5.60. The highest BCUT2D eigenvalue weighted by atomic mass is 31.2. The maximum Gasteiger partial charge on any atom is 0.408 e. The molecule has 8 nitrogen and oxygen atoms in total. The number of amides is 1. The van der Waals surface area contributed by atoms with Crippen molar-refractivity contribution in [2.24, 2.45) is 5.92 Å². The number of esters is 1. The van der Waals surface area contributed by atoms with Crippen molar-refractivity contribution in [3.8, 4) is 5.75 Å². The molecule has 0 aliphatic carbocycles. The highest BCUT2D eigenvalue weighted by Gasteiger charge is 2.43. The van der Waals surface area contributed by atoms with E-state index >= 15 is 0 Å². The molecule has 0 radical (unpaired) electrons. The van der Waals surface area contributed by atoms with Crippen LogP contribution < -0.4 is 14.9 Å². The number of carbonyl (C=O) groups excluding carboxylic acids is 2. The number of ether oxygens (including phenoxy) is 2. The monoisotopic (exact) mass is 510 g/mol. The number of benzene rings is 3. The Morgan fingerprint density at radius 1 is 0.861 bits per heavy atom. The molecule has 2 N–H and O–H groups in total. The van der Waals surface area contributed by atoms with E-state index in [9.17, 15) is 14.2 Å². The second-order valence-electron chi connectivity index (χ2n) is 8.39.